The fraction of sp³-hybridized carbons (Fsp3) is 0.444. The first-order chi connectivity index (χ1) is 13.6. The molecule has 3 aromatic rings. The second-order valence-electron chi connectivity index (χ2n) is 7.06. The molecule has 0 saturated heterocycles. The number of aldehydes is 1. The number of likely N-dealkylation sites (N-methyl/N-ethyl adjacent to an activating group) is 1. The van der Waals surface area contributed by atoms with Crippen LogP contribution in [0.4, 0.5) is 11.5 Å². The van der Waals surface area contributed by atoms with Gasteiger partial charge in [-0.2, -0.15) is 19.9 Å². The summed E-state index contributed by atoms with van der Waals surface area (Å²) in [5.41, 5.74) is 1.55. The molecule has 28 heavy (non-hydrogen) atoms. The van der Waals surface area contributed by atoms with Gasteiger partial charge in [0.2, 0.25) is 0 Å². The zero-order chi connectivity index (χ0) is 19.8. The number of hydrogen-bond donors (Lipinski definition) is 1. The van der Waals surface area contributed by atoms with Crippen LogP contribution in [0.25, 0.3) is 17.5 Å². The van der Waals surface area contributed by atoms with Gasteiger partial charge in [-0.15, -0.1) is 0 Å². The molecule has 0 saturated carbocycles. The molecule has 4 heterocycles. The van der Waals surface area contributed by atoms with Gasteiger partial charge in [-0.05, 0) is 26.3 Å². The van der Waals surface area contributed by atoms with E-state index in [1.54, 1.807) is 17.1 Å². The number of aromatic nitrogens is 7. The number of carbonyl (C=O) groups excluding carboxylic acids is 1. The third kappa shape index (κ3) is 2.72. The van der Waals surface area contributed by atoms with Gasteiger partial charge in [0.15, 0.2) is 11.6 Å². The zero-order valence-corrected chi connectivity index (χ0v) is 16.3. The molecule has 1 aliphatic heterocycles. The first-order valence-corrected chi connectivity index (χ1v) is 9.30. The predicted molar refractivity (Wildman–Crippen MR) is 104 cm³/mol. The number of rotatable bonds is 5. The molecule has 0 spiro atoms. The molecule has 3 aromatic heterocycles. The van der Waals surface area contributed by atoms with Gasteiger partial charge < -0.3 is 14.6 Å². The van der Waals surface area contributed by atoms with Crippen LogP contribution in [0.3, 0.4) is 0 Å². The summed E-state index contributed by atoms with van der Waals surface area (Å²) in [5.74, 6) is 1.79. The lowest BCUT2D eigenvalue weighted by Gasteiger charge is -2.47. The zero-order valence-electron chi connectivity index (χ0n) is 16.3. The fourth-order valence-corrected chi connectivity index (χ4v) is 3.84. The lowest BCUT2D eigenvalue weighted by atomic mass is 9.98. The van der Waals surface area contributed by atoms with Crippen molar-refractivity contribution in [3.63, 3.8) is 0 Å². The van der Waals surface area contributed by atoms with Gasteiger partial charge in [-0.25, -0.2) is 9.97 Å². The SMILES string of the molecule is CCC1C(C=O)N(C)c2cnc(-n3ncnc3-c3ccn[nH]3)nc2N1C(C)C. The average molecular weight is 381 g/mol. The number of anilines is 2. The molecular formula is C18H23N9O. The molecule has 2 atom stereocenters. The molecule has 2 unspecified atom stereocenters. The van der Waals surface area contributed by atoms with Gasteiger partial charge in [0.05, 0.1) is 17.9 Å². The molecule has 4 rings (SSSR count). The highest BCUT2D eigenvalue weighted by molar-refractivity contribution is 5.78. The highest BCUT2D eigenvalue weighted by atomic mass is 16.1. The predicted octanol–water partition coefficient (Wildman–Crippen LogP) is 1.46. The number of hydrogen-bond acceptors (Lipinski definition) is 8. The van der Waals surface area contributed by atoms with Gasteiger partial charge in [-0.3, -0.25) is 5.10 Å². The minimum Gasteiger partial charge on any atom is -0.359 e. The van der Waals surface area contributed by atoms with E-state index in [0.29, 0.717) is 11.8 Å². The molecule has 0 aliphatic carbocycles. The van der Waals surface area contributed by atoms with E-state index in [-0.39, 0.29) is 18.1 Å². The van der Waals surface area contributed by atoms with Gasteiger partial charge in [0, 0.05) is 19.3 Å². The normalized spacial score (nSPS) is 19.2. The smallest absolute Gasteiger partial charge is 0.254 e. The summed E-state index contributed by atoms with van der Waals surface area (Å²) in [6, 6.07) is 1.77. The van der Waals surface area contributed by atoms with E-state index in [1.807, 2.05) is 18.0 Å². The number of aromatic amines is 1. The minimum absolute atomic E-state index is 0.0283. The second-order valence-corrected chi connectivity index (χ2v) is 7.06. The van der Waals surface area contributed by atoms with Crippen molar-refractivity contribution in [3.05, 3.63) is 24.8 Å². The molecule has 0 fully saturated rings. The van der Waals surface area contributed by atoms with Crippen LogP contribution in [0, 0.1) is 0 Å². The Morgan fingerprint density at radius 3 is 2.79 bits per heavy atom. The van der Waals surface area contributed by atoms with Crippen LogP contribution in [0.15, 0.2) is 24.8 Å². The van der Waals surface area contributed by atoms with E-state index in [1.165, 1.54) is 6.33 Å². The third-order valence-electron chi connectivity index (χ3n) is 5.15. The maximum Gasteiger partial charge on any atom is 0.254 e. The quantitative estimate of drug-likeness (QED) is 0.662. The van der Waals surface area contributed by atoms with Gasteiger partial charge in [0.1, 0.15) is 24.3 Å². The van der Waals surface area contributed by atoms with Crippen LogP contribution in [-0.2, 0) is 4.79 Å². The van der Waals surface area contributed by atoms with E-state index in [9.17, 15) is 4.79 Å². The summed E-state index contributed by atoms with van der Waals surface area (Å²) < 4.78 is 1.58. The van der Waals surface area contributed by atoms with Crippen LogP contribution in [0.2, 0.25) is 0 Å². The standard InChI is InChI=1S/C18H23N9O/c1-5-13-15(9-28)25(4)14-8-19-18(23-17(14)26(13)11(2)3)27-16(20-10-22-27)12-6-7-21-24-12/h6-11,13,15H,5H2,1-4H3,(H,21,24). The molecular weight excluding hydrogens is 358 g/mol. The number of nitrogens with zero attached hydrogens (tertiary/aromatic N) is 8. The van der Waals surface area contributed by atoms with Crippen molar-refractivity contribution in [2.75, 3.05) is 16.8 Å². The Bertz CT molecular complexity index is 965. The third-order valence-corrected chi connectivity index (χ3v) is 5.15. The van der Waals surface area contributed by atoms with Crippen LogP contribution in [0.5, 0.6) is 0 Å². The Morgan fingerprint density at radius 1 is 1.32 bits per heavy atom. The summed E-state index contributed by atoms with van der Waals surface area (Å²) in [7, 11) is 1.91. The van der Waals surface area contributed by atoms with Gasteiger partial charge in [0.25, 0.3) is 5.95 Å². The Balaban J connectivity index is 1.85. The summed E-state index contributed by atoms with van der Waals surface area (Å²) in [4.78, 5) is 29.6. The van der Waals surface area contributed by atoms with Crippen molar-refractivity contribution in [3.8, 4) is 17.5 Å². The number of nitrogens with one attached hydrogen (secondary N) is 1. The molecule has 0 aromatic carbocycles. The van der Waals surface area contributed by atoms with Gasteiger partial charge in [-0.1, -0.05) is 6.92 Å². The lowest BCUT2D eigenvalue weighted by Crippen LogP contribution is -2.58. The highest BCUT2D eigenvalue weighted by Crippen LogP contribution is 2.38. The molecule has 146 valence electrons. The molecule has 1 aliphatic rings. The lowest BCUT2D eigenvalue weighted by molar-refractivity contribution is -0.109. The summed E-state index contributed by atoms with van der Waals surface area (Å²) in [6.07, 6.45) is 6.70. The van der Waals surface area contributed by atoms with Crippen molar-refractivity contribution >= 4 is 17.8 Å². The summed E-state index contributed by atoms with van der Waals surface area (Å²) >= 11 is 0. The highest BCUT2D eigenvalue weighted by Gasteiger charge is 2.39. The number of H-pyrrole nitrogens is 1. The van der Waals surface area contributed by atoms with Crippen LogP contribution < -0.4 is 9.80 Å². The Hall–Kier alpha value is -3.30. The van der Waals surface area contributed by atoms with Gasteiger partial charge >= 0.3 is 0 Å². The van der Waals surface area contributed by atoms with E-state index in [0.717, 1.165) is 29.9 Å². The largest absolute Gasteiger partial charge is 0.359 e. The second kappa shape index (κ2) is 7.02. The average Bonchev–Trinajstić information content (AvgIpc) is 3.38. The number of fused-ring (bicyclic) bond motifs is 1. The van der Waals surface area contributed by atoms with Crippen molar-refractivity contribution in [1.82, 2.24) is 34.9 Å². The van der Waals surface area contributed by atoms with Crippen LogP contribution in [-0.4, -0.2) is 66.4 Å². The molecule has 1 N–H and O–H groups in total. The molecule has 0 bridgehead atoms. The van der Waals surface area contributed by atoms with Crippen LogP contribution in [0.1, 0.15) is 27.2 Å². The topological polar surface area (TPSA) is 109 Å². The van der Waals surface area contributed by atoms with E-state index < -0.39 is 0 Å². The van der Waals surface area contributed by atoms with Crippen molar-refractivity contribution in [2.24, 2.45) is 0 Å². The Morgan fingerprint density at radius 2 is 2.14 bits per heavy atom. The van der Waals surface area contributed by atoms with E-state index in [2.05, 4.69) is 50.9 Å². The maximum absolute atomic E-state index is 11.8. The Labute approximate surface area is 162 Å². The maximum atomic E-state index is 11.8. The van der Waals surface area contributed by atoms with Crippen molar-refractivity contribution in [1.29, 1.82) is 0 Å². The number of carbonyl (C=O) groups is 1. The first kappa shape index (κ1) is 18.1. The fourth-order valence-electron chi connectivity index (χ4n) is 3.84. The summed E-state index contributed by atoms with van der Waals surface area (Å²) in [6.45, 7) is 6.30. The molecule has 10 nitrogen and oxygen atoms in total. The molecule has 10 heteroatoms. The van der Waals surface area contributed by atoms with E-state index in [4.69, 9.17) is 4.98 Å². The molecule has 0 radical (unpaired) electrons. The van der Waals surface area contributed by atoms with Crippen LogP contribution >= 0.6 is 0 Å². The first-order valence-electron chi connectivity index (χ1n) is 9.30. The van der Waals surface area contributed by atoms with Crippen molar-refractivity contribution < 1.29 is 4.79 Å². The molecule has 0 amide bonds. The minimum atomic E-state index is -0.249. The van der Waals surface area contributed by atoms with E-state index >= 15 is 0 Å². The Kier molecular flexibility index (Phi) is 4.54. The monoisotopic (exact) mass is 381 g/mol. The van der Waals surface area contributed by atoms with Crippen molar-refractivity contribution in [2.45, 2.75) is 45.3 Å². The summed E-state index contributed by atoms with van der Waals surface area (Å²) in [5, 5.41) is 11.2.